The van der Waals surface area contributed by atoms with Crippen molar-refractivity contribution in [3.63, 3.8) is 0 Å². The van der Waals surface area contributed by atoms with Gasteiger partial charge in [-0.25, -0.2) is 13.4 Å². The maximum absolute atomic E-state index is 12.5. The second-order valence-electron chi connectivity index (χ2n) is 6.96. The summed E-state index contributed by atoms with van der Waals surface area (Å²) in [5.41, 5.74) is 0.602. The number of anilines is 1. The van der Waals surface area contributed by atoms with Gasteiger partial charge in [0.15, 0.2) is 20.8 Å². The molecule has 1 aromatic carbocycles. The number of hydrogen-bond acceptors (Lipinski definition) is 6. The number of nitrogens with zero attached hydrogens (tertiary/aromatic N) is 1. The molecule has 0 atom stereocenters. The Morgan fingerprint density at radius 3 is 2.60 bits per heavy atom. The van der Waals surface area contributed by atoms with Crippen LogP contribution in [0.3, 0.4) is 0 Å². The summed E-state index contributed by atoms with van der Waals surface area (Å²) in [5, 5.41) is 2.94. The first-order valence-electron chi connectivity index (χ1n) is 7.70. The second kappa shape index (κ2) is 6.03. The number of fused-ring (bicyclic) bond motifs is 1. The van der Waals surface area contributed by atoms with Crippen molar-refractivity contribution >= 4 is 38.0 Å². The van der Waals surface area contributed by atoms with Crippen LogP contribution in [0.15, 0.2) is 29.2 Å². The molecule has 6 nitrogen and oxygen atoms in total. The van der Waals surface area contributed by atoms with Crippen LogP contribution in [0, 0.1) is 5.41 Å². The van der Waals surface area contributed by atoms with E-state index in [9.17, 15) is 18.0 Å². The molecule has 0 radical (unpaired) electrons. The number of nitrogens with one attached hydrogen (secondary N) is 1. The number of carbonyl (C=O) groups excluding carboxylic acids is 2. The molecule has 0 saturated carbocycles. The van der Waals surface area contributed by atoms with Gasteiger partial charge in [0.2, 0.25) is 0 Å². The second-order valence-corrected chi connectivity index (χ2v) is 9.94. The maximum atomic E-state index is 12.5. The lowest BCUT2D eigenvalue weighted by atomic mass is 9.78. The maximum Gasteiger partial charge on any atom is 0.258 e. The summed E-state index contributed by atoms with van der Waals surface area (Å²) in [5.74, 6) is -0.528. The summed E-state index contributed by atoms with van der Waals surface area (Å²) in [6.07, 6.45) is 2.18. The lowest BCUT2D eigenvalue weighted by molar-refractivity contribution is 0.0915. The molecular formula is C17H18N2O4S2. The Morgan fingerprint density at radius 2 is 1.92 bits per heavy atom. The Kier molecular flexibility index (Phi) is 4.28. The lowest BCUT2D eigenvalue weighted by Crippen LogP contribution is -2.26. The SMILES string of the molecule is CC1(C)CC(=O)c2sc(NC(=O)c3ccccc3S(C)(=O)=O)nc2C1. The van der Waals surface area contributed by atoms with Gasteiger partial charge in [0.1, 0.15) is 0 Å². The molecule has 3 rings (SSSR count). The van der Waals surface area contributed by atoms with E-state index in [4.69, 9.17) is 0 Å². The van der Waals surface area contributed by atoms with E-state index in [1.165, 1.54) is 12.1 Å². The molecule has 1 aromatic heterocycles. The number of hydrogen-bond donors (Lipinski definition) is 1. The third-order valence-corrected chi connectivity index (χ3v) is 6.20. The van der Waals surface area contributed by atoms with Gasteiger partial charge in [-0.15, -0.1) is 0 Å². The van der Waals surface area contributed by atoms with Crippen molar-refractivity contribution in [1.29, 1.82) is 0 Å². The smallest absolute Gasteiger partial charge is 0.258 e. The van der Waals surface area contributed by atoms with Crippen LogP contribution in [0.1, 0.15) is 46.0 Å². The van der Waals surface area contributed by atoms with Gasteiger partial charge < -0.3 is 0 Å². The van der Waals surface area contributed by atoms with Gasteiger partial charge in [-0.1, -0.05) is 37.3 Å². The molecule has 1 amide bonds. The Hall–Kier alpha value is -2.06. The number of sulfone groups is 1. The molecule has 0 saturated heterocycles. The molecule has 0 aliphatic heterocycles. The number of Topliss-reactive ketones (excluding diaryl/α,β-unsaturated/α-hetero) is 1. The van der Waals surface area contributed by atoms with Crippen LogP contribution in [0.25, 0.3) is 0 Å². The van der Waals surface area contributed by atoms with Crippen LogP contribution >= 0.6 is 11.3 Å². The van der Waals surface area contributed by atoms with E-state index in [0.29, 0.717) is 28.5 Å². The molecule has 1 aliphatic carbocycles. The van der Waals surface area contributed by atoms with Crippen molar-refractivity contribution in [2.75, 3.05) is 11.6 Å². The van der Waals surface area contributed by atoms with E-state index in [2.05, 4.69) is 10.3 Å². The fourth-order valence-electron chi connectivity index (χ4n) is 2.92. The van der Waals surface area contributed by atoms with Gasteiger partial charge in [0.05, 0.1) is 21.0 Å². The monoisotopic (exact) mass is 378 g/mol. The van der Waals surface area contributed by atoms with Crippen LogP contribution in [-0.2, 0) is 16.3 Å². The summed E-state index contributed by atoms with van der Waals surface area (Å²) >= 11 is 1.14. The van der Waals surface area contributed by atoms with Crippen molar-refractivity contribution < 1.29 is 18.0 Å². The van der Waals surface area contributed by atoms with Crippen molar-refractivity contribution in [2.24, 2.45) is 5.41 Å². The molecule has 0 fully saturated rings. The molecule has 2 aromatic rings. The molecule has 1 heterocycles. The summed E-state index contributed by atoms with van der Waals surface area (Å²) in [4.78, 5) is 29.7. The summed E-state index contributed by atoms with van der Waals surface area (Å²) in [7, 11) is -3.53. The zero-order chi connectivity index (χ0) is 18.4. The number of carbonyl (C=O) groups is 2. The highest BCUT2D eigenvalue weighted by Crippen LogP contribution is 2.38. The first kappa shape index (κ1) is 17.8. The number of rotatable bonds is 3. The first-order valence-corrected chi connectivity index (χ1v) is 10.4. The third-order valence-electron chi connectivity index (χ3n) is 3.99. The van der Waals surface area contributed by atoms with Gasteiger partial charge in [-0.05, 0) is 24.0 Å². The topological polar surface area (TPSA) is 93.2 Å². The van der Waals surface area contributed by atoms with E-state index in [0.717, 1.165) is 17.6 Å². The van der Waals surface area contributed by atoms with E-state index < -0.39 is 15.7 Å². The van der Waals surface area contributed by atoms with E-state index in [1.54, 1.807) is 12.1 Å². The third kappa shape index (κ3) is 3.64. The largest absolute Gasteiger partial charge is 0.298 e. The molecule has 1 N–H and O–H groups in total. The molecular weight excluding hydrogens is 360 g/mol. The minimum absolute atomic E-state index is 0.0285. The summed E-state index contributed by atoms with van der Waals surface area (Å²) < 4.78 is 23.7. The molecule has 8 heteroatoms. The first-order chi connectivity index (χ1) is 11.6. The summed E-state index contributed by atoms with van der Waals surface area (Å²) in [6, 6.07) is 6.01. The standard InChI is InChI=1S/C17H18N2O4S2/c1-17(2)8-11-14(12(20)9-17)24-16(18-11)19-15(21)10-6-4-5-7-13(10)25(3,22)23/h4-7H,8-9H2,1-3H3,(H,18,19,21). The average Bonchev–Trinajstić information content (AvgIpc) is 2.87. The minimum Gasteiger partial charge on any atom is -0.298 e. The molecule has 0 bridgehead atoms. The van der Waals surface area contributed by atoms with Gasteiger partial charge in [0, 0.05) is 12.7 Å². The zero-order valence-electron chi connectivity index (χ0n) is 14.1. The Morgan fingerprint density at radius 1 is 1.24 bits per heavy atom. The molecule has 0 unspecified atom stereocenters. The van der Waals surface area contributed by atoms with Crippen LogP contribution < -0.4 is 5.32 Å². The fraction of sp³-hybridized carbons (Fsp3) is 0.353. The van der Waals surface area contributed by atoms with Crippen molar-refractivity contribution in [3.8, 4) is 0 Å². The Labute approximate surface area is 150 Å². The molecule has 25 heavy (non-hydrogen) atoms. The molecule has 0 spiro atoms. The Bertz CT molecular complexity index is 974. The normalized spacial score (nSPS) is 16.4. The highest BCUT2D eigenvalue weighted by atomic mass is 32.2. The fourth-order valence-corrected chi connectivity index (χ4v) is 4.72. The van der Waals surface area contributed by atoms with Gasteiger partial charge in [0.25, 0.3) is 5.91 Å². The van der Waals surface area contributed by atoms with Crippen LogP contribution in [-0.4, -0.2) is 31.3 Å². The van der Waals surface area contributed by atoms with Gasteiger partial charge in [-0.2, -0.15) is 0 Å². The van der Waals surface area contributed by atoms with Crippen LogP contribution in [0.4, 0.5) is 5.13 Å². The predicted molar refractivity (Wildman–Crippen MR) is 96.1 cm³/mol. The highest BCUT2D eigenvalue weighted by Gasteiger charge is 2.34. The number of benzene rings is 1. The molecule has 132 valence electrons. The number of thiazole rings is 1. The van der Waals surface area contributed by atoms with E-state index >= 15 is 0 Å². The van der Waals surface area contributed by atoms with Crippen molar-refractivity contribution in [3.05, 3.63) is 40.4 Å². The quantitative estimate of drug-likeness (QED) is 0.886. The minimum atomic E-state index is -3.53. The van der Waals surface area contributed by atoms with Gasteiger partial charge >= 0.3 is 0 Å². The summed E-state index contributed by atoms with van der Waals surface area (Å²) in [6.45, 7) is 4.02. The Balaban J connectivity index is 1.91. The number of aromatic nitrogens is 1. The zero-order valence-corrected chi connectivity index (χ0v) is 15.8. The van der Waals surface area contributed by atoms with E-state index in [1.807, 2.05) is 13.8 Å². The van der Waals surface area contributed by atoms with Gasteiger partial charge in [-0.3, -0.25) is 14.9 Å². The van der Waals surface area contributed by atoms with Crippen LogP contribution in [0.2, 0.25) is 0 Å². The molecule has 1 aliphatic rings. The highest BCUT2D eigenvalue weighted by molar-refractivity contribution is 7.90. The predicted octanol–water partition coefficient (Wildman–Crippen LogP) is 2.95. The number of amides is 1. The lowest BCUT2D eigenvalue weighted by Gasteiger charge is -2.26. The van der Waals surface area contributed by atoms with Crippen LogP contribution in [0.5, 0.6) is 0 Å². The number of ketones is 1. The van der Waals surface area contributed by atoms with Crippen molar-refractivity contribution in [2.45, 2.75) is 31.6 Å². The van der Waals surface area contributed by atoms with Crippen molar-refractivity contribution in [1.82, 2.24) is 4.98 Å². The van der Waals surface area contributed by atoms with E-state index in [-0.39, 0.29) is 21.7 Å². The average molecular weight is 378 g/mol.